The van der Waals surface area contributed by atoms with E-state index < -0.39 is 0 Å². The van der Waals surface area contributed by atoms with E-state index in [0.29, 0.717) is 6.54 Å². The Morgan fingerprint density at radius 1 is 1.12 bits per heavy atom. The summed E-state index contributed by atoms with van der Waals surface area (Å²) < 4.78 is 0. The van der Waals surface area contributed by atoms with Crippen LogP contribution in [0.1, 0.15) is 19.4 Å². The molecule has 6 heteroatoms. The Bertz CT molecular complexity index is 551. The van der Waals surface area contributed by atoms with Crippen molar-refractivity contribution in [1.82, 2.24) is 15.1 Å². The van der Waals surface area contributed by atoms with Crippen molar-refractivity contribution in [2.45, 2.75) is 26.3 Å². The van der Waals surface area contributed by atoms with E-state index in [1.807, 2.05) is 31.2 Å². The Morgan fingerprint density at radius 2 is 1.75 bits per heavy atom. The van der Waals surface area contributed by atoms with Crippen molar-refractivity contribution in [2.75, 3.05) is 45.1 Å². The van der Waals surface area contributed by atoms with Crippen LogP contribution in [-0.4, -0.2) is 67.4 Å². The van der Waals surface area contributed by atoms with Gasteiger partial charge in [0.05, 0.1) is 12.6 Å². The number of carbonyl (C=O) groups excluding carboxylic acids is 2. The molecule has 0 aromatic heterocycles. The summed E-state index contributed by atoms with van der Waals surface area (Å²) in [7, 11) is 1.65. The highest BCUT2D eigenvalue weighted by molar-refractivity contribution is 5.94. The predicted molar refractivity (Wildman–Crippen MR) is 96.0 cm³/mol. The summed E-state index contributed by atoms with van der Waals surface area (Å²) in [4.78, 5) is 28.1. The molecule has 2 amide bonds. The van der Waals surface area contributed by atoms with Crippen LogP contribution in [0.3, 0.4) is 0 Å². The standard InChI is InChI=1S/C18H28N4O2/c1-4-15-5-7-16(8-6-15)20-18(24)14(2)22-11-9-21(10-12-22)13-17(23)19-3/h5-8,14H,4,9-13H2,1-3H3,(H,19,23)(H,20,24)/t14-/m1/s1. The molecule has 24 heavy (non-hydrogen) atoms. The summed E-state index contributed by atoms with van der Waals surface area (Å²) in [5.74, 6) is 0.0452. The Labute approximate surface area is 144 Å². The zero-order valence-corrected chi connectivity index (χ0v) is 14.8. The summed E-state index contributed by atoms with van der Waals surface area (Å²) in [6, 6.07) is 7.79. The number of anilines is 1. The van der Waals surface area contributed by atoms with Crippen LogP contribution in [0.15, 0.2) is 24.3 Å². The molecule has 1 fully saturated rings. The van der Waals surface area contributed by atoms with Gasteiger partial charge in [0.2, 0.25) is 11.8 Å². The van der Waals surface area contributed by atoms with Crippen LogP contribution in [0, 0.1) is 0 Å². The van der Waals surface area contributed by atoms with Crippen LogP contribution >= 0.6 is 0 Å². The Kier molecular flexibility index (Phi) is 6.75. The molecule has 132 valence electrons. The number of likely N-dealkylation sites (N-methyl/N-ethyl adjacent to an activating group) is 1. The van der Waals surface area contributed by atoms with Gasteiger partial charge in [-0.25, -0.2) is 0 Å². The highest BCUT2D eigenvalue weighted by Crippen LogP contribution is 2.12. The molecule has 1 aliphatic heterocycles. The van der Waals surface area contributed by atoms with Gasteiger partial charge in [0.15, 0.2) is 0 Å². The number of benzene rings is 1. The molecule has 2 rings (SSSR count). The van der Waals surface area contributed by atoms with Gasteiger partial charge in [-0.1, -0.05) is 19.1 Å². The van der Waals surface area contributed by atoms with Crippen molar-refractivity contribution in [3.8, 4) is 0 Å². The summed E-state index contributed by atoms with van der Waals surface area (Å²) >= 11 is 0. The Hall–Kier alpha value is -1.92. The highest BCUT2D eigenvalue weighted by atomic mass is 16.2. The highest BCUT2D eigenvalue weighted by Gasteiger charge is 2.26. The van der Waals surface area contributed by atoms with E-state index in [4.69, 9.17) is 0 Å². The minimum Gasteiger partial charge on any atom is -0.358 e. The zero-order valence-electron chi connectivity index (χ0n) is 14.8. The van der Waals surface area contributed by atoms with Gasteiger partial charge < -0.3 is 10.6 Å². The van der Waals surface area contributed by atoms with Crippen molar-refractivity contribution in [3.05, 3.63) is 29.8 Å². The Balaban J connectivity index is 1.82. The fourth-order valence-electron chi connectivity index (χ4n) is 2.83. The molecule has 0 bridgehead atoms. The fraction of sp³-hybridized carbons (Fsp3) is 0.556. The van der Waals surface area contributed by atoms with Gasteiger partial charge in [-0.15, -0.1) is 0 Å². The SMILES string of the molecule is CCc1ccc(NC(=O)[C@@H](C)N2CCN(CC(=O)NC)CC2)cc1. The molecule has 1 atom stereocenters. The van der Waals surface area contributed by atoms with E-state index in [1.165, 1.54) is 5.56 Å². The topological polar surface area (TPSA) is 64.7 Å². The molecule has 1 aromatic carbocycles. The smallest absolute Gasteiger partial charge is 0.241 e. The molecule has 0 saturated carbocycles. The lowest BCUT2D eigenvalue weighted by Crippen LogP contribution is -2.54. The van der Waals surface area contributed by atoms with Gasteiger partial charge in [-0.2, -0.15) is 0 Å². The van der Waals surface area contributed by atoms with E-state index in [0.717, 1.165) is 38.3 Å². The molecule has 6 nitrogen and oxygen atoms in total. The van der Waals surface area contributed by atoms with Gasteiger partial charge in [0.1, 0.15) is 0 Å². The second-order valence-electron chi connectivity index (χ2n) is 6.20. The third-order valence-electron chi connectivity index (χ3n) is 4.61. The van der Waals surface area contributed by atoms with Gasteiger partial charge in [0, 0.05) is 38.9 Å². The lowest BCUT2D eigenvalue weighted by atomic mass is 10.1. The first-order chi connectivity index (χ1) is 11.5. The number of carbonyl (C=O) groups is 2. The molecule has 1 saturated heterocycles. The number of hydrogen-bond donors (Lipinski definition) is 2. The van der Waals surface area contributed by atoms with Crippen LogP contribution in [0.5, 0.6) is 0 Å². The number of rotatable bonds is 6. The molecule has 0 spiro atoms. The third-order valence-corrected chi connectivity index (χ3v) is 4.61. The molecule has 1 aromatic rings. The number of piperazine rings is 1. The first-order valence-corrected chi connectivity index (χ1v) is 8.60. The maximum atomic E-state index is 12.4. The van der Waals surface area contributed by atoms with Crippen LogP contribution < -0.4 is 10.6 Å². The average Bonchev–Trinajstić information content (AvgIpc) is 2.62. The van der Waals surface area contributed by atoms with Gasteiger partial charge in [-0.3, -0.25) is 19.4 Å². The van der Waals surface area contributed by atoms with E-state index in [2.05, 4.69) is 27.4 Å². The lowest BCUT2D eigenvalue weighted by Gasteiger charge is -2.37. The normalized spacial score (nSPS) is 17.3. The minimum atomic E-state index is -0.182. The van der Waals surface area contributed by atoms with E-state index in [9.17, 15) is 9.59 Å². The van der Waals surface area contributed by atoms with Crippen molar-refractivity contribution in [1.29, 1.82) is 0 Å². The van der Waals surface area contributed by atoms with Crippen molar-refractivity contribution < 1.29 is 9.59 Å². The fourth-order valence-corrected chi connectivity index (χ4v) is 2.83. The molecule has 0 radical (unpaired) electrons. The summed E-state index contributed by atoms with van der Waals surface area (Å²) in [5, 5.41) is 5.63. The van der Waals surface area contributed by atoms with Crippen LogP contribution in [0.25, 0.3) is 0 Å². The number of aryl methyl sites for hydroxylation is 1. The summed E-state index contributed by atoms with van der Waals surface area (Å²) in [6.07, 6.45) is 0.991. The quantitative estimate of drug-likeness (QED) is 0.814. The van der Waals surface area contributed by atoms with E-state index in [1.54, 1.807) is 7.05 Å². The average molecular weight is 332 g/mol. The number of amides is 2. The summed E-state index contributed by atoms with van der Waals surface area (Å²) in [5.41, 5.74) is 2.09. The largest absolute Gasteiger partial charge is 0.358 e. The molecule has 0 aliphatic carbocycles. The van der Waals surface area contributed by atoms with Gasteiger partial charge in [0.25, 0.3) is 0 Å². The van der Waals surface area contributed by atoms with Crippen molar-refractivity contribution in [3.63, 3.8) is 0 Å². The van der Waals surface area contributed by atoms with Crippen LogP contribution in [0.4, 0.5) is 5.69 Å². The second-order valence-corrected chi connectivity index (χ2v) is 6.20. The molecule has 2 N–H and O–H groups in total. The van der Waals surface area contributed by atoms with Gasteiger partial charge in [-0.05, 0) is 31.0 Å². The monoisotopic (exact) mass is 332 g/mol. The van der Waals surface area contributed by atoms with E-state index >= 15 is 0 Å². The molecular formula is C18H28N4O2. The predicted octanol–water partition coefficient (Wildman–Crippen LogP) is 0.940. The minimum absolute atomic E-state index is 0.0130. The second kappa shape index (κ2) is 8.80. The first-order valence-electron chi connectivity index (χ1n) is 8.60. The zero-order chi connectivity index (χ0) is 17.5. The maximum absolute atomic E-state index is 12.4. The molecule has 1 aliphatic rings. The molecular weight excluding hydrogens is 304 g/mol. The molecule has 1 heterocycles. The number of hydrogen-bond acceptors (Lipinski definition) is 4. The van der Waals surface area contributed by atoms with Crippen LogP contribution in [-0.2, 0) is 16.0 Å². The lowest BCUT2D eigenvalue weighted by molar-refractivity contribution is -0.124. The van der Waals surface area contributed by atoms with Gasteiger partial charge >= 0.3 is 0 Å². The number of nitrogens with zero attached hydrogens (tertiary/aromatic N) is 2. The number of nitrogens with one attached hydrogen (secondary N) is 2. The first kappa shape index (κ1) is 18.4. The Morgan fingerprint density at radius 3 is 2.29 bits per heavy atom. The third kappa shape index (κ3) is 5.04. The summed E-state index contributed by atoms with van der Waals surface area (Å²) in [6.45, 7) is 7.66. The maximum Gasteiger partial charge on any atom is 0.241 e. The van der Waals surface area contributed by atoms with Crippen LogP contribution in [0.2, 0.25) is 0 Å². The van der Waals surface area contributed by atoms with Crippen molar-refractivity contribution >= 4 is 17.5 Å². The molecule has 0 unspecified atom stereocenters. The van der Waals surface area contributed by atoms with E-state index in [-0.39, 0.29) is 17.9 Å². The van der Waals surface area contributed by atoms with Crippen molar-refractivity contribution in [2.24, 2.45) is 0 Å².